The van der Waals surface area contributed by atoms with Gasteiger partial charge in [0.25, 0.3) is 5.91 Å². The normalized spacial score (nSPS) is 20.9. The molecule has 120 valence electrons. The lowest BCUT2D eigenvalue weighted by atomic mass is 10.2. The van der Waals surface area contributed by atoms with Crippen molar-refractivity contribution in [1.29, 1.82) is 0 Å². The fourth-order valence-electron chi connectivity index (χ4n) is 2.40. The molecule has 22 heavy (non-hydrogen) atoms. The lowest BCUT2D eigenvalue weighted by molar-refractivity contribution is -0.128. The molecule has 2 heterocycles. The summed E-state index contributed by atoms with van der Waals surface area (Å²) in [5.74, 6) is 0.888. The third-order valence-electron chi connectivity index (χ3n) is 3.73. The highest BCUT2D eigenvalue weighted by atomic mass is 16.7. The van der Waals surface area contributed by atoms with Crippen molar-refractivity contribution >= 4 is 17.3 Å². The fourth-order valence-corrected chi connectivity index (χ4v) is 2.40. The molecular weight excluding hydrogens is 288 g/mol. The Morgan fingerprint density at radius 2 is 2.23 bits per heavy atom. The molecule has 1 aromatic rings. The zero-order chi connectivity index (χ0) is 15.5. The molecular formula is C15H20N2O5. The highest BCUT2D eigenvalue weighted by molar-refractivity contribution is 5.97. The standard InChI is InChI=1S/C15H20N2O5/c1-9(20-7-10-3-2-4-19-10)15(18)17-12-6-14-13(5-11(12)16)21-8-22-14/h5-6,9-10H,2-4,7-8,16H2,1H3,(H,17,18). The van der Waals surface area contributed by atoms with E-state index in [0.29, 0.717) is 29.5 Å². The van der Waals surface area contributed by atoms with Crippen molar-refractivity contribution in [2.24, 2.45) is 0 Å². The van der Waals surface area contributed by atoms with Crippen molar-refractivity contribution in [1.82, 2.24) is 0 Å². The lowest BCUT2D eigenvalue weighted by Gasteiger charge is -2.17. The Labute approximate surface area is 128 Å². The molecule has 3 rings (SSSR count). The van der Waals surface area contributed by atoms with Crippen molar-refractivity contribution in [3.8, 4) is 11.5 Å². The number of amides is 1. The molecule has 0 saturated carbocycles. The number of benzene rings is 1. The average molecular weight is 308 g/mol. The van der Waals surface area contributed by atoms with Crippen LogP contribution in [0.3, 0.4) is 0 Å². The summed E-state index contributed by atoms with van der Waals surface area (Å²) in [6.45, 7) is 3.05. The van der Waals surface area contributed by atoms with Gasteiger partial charge in [0.05, 0.1) is 24.1 Å². The van der Waals surface area contributed by atoms with E-state index in [2.05, 4.69) is 5.32 Å². The zero-order valence-electron chi connectivity index (χ0n) is 12.5. The largest absolute Gasteiger partial charge is 0.454 e. The van der Waals surface area contributed by atoms with Gasteiger partial charge in [-0.3, -0.25) is 4.79 Å². The topological polar surface area (TPSA) is 92.0 Å². The summed E-state index contributed by atoms with van der Waals surface area (Å²) in [5.41, 5.74) is 6.81. The summed E-state index contributed by atoms with van der Waals surface area (Å²) >= 11 is 0. The molecule has 1 saturated heterocycles. The molecule has 0 aromatic heterocycles. The van der Waals surface area contributed by atoms with Crippen LogP contribution in [-0.4, -0.2) is 38.1 Å². The first-order chi connectivity index (χ1) is 10.6. The van der Waals surface area contributed by atoms with Crippen LogP contribution in [-0.2, 0) is 14.3 Å². The van der Waals surface area contributed by atoms with Crippen molar-refractivity contribution in [2.45, 2.75) is 32.0 Å². The molecule has 3 N–H and O–H groups in total. The molecule has 2 aliphatic rings. The van der Waals surface area contributed by atoms with E-state index < -0.39 is 6.10 Å². The third kappa shape index (κ3) is 3.26. The Kier molecular flexibility index (Phi) is 4.35. The van der Waals surface area contributed by atoms with Crippen LogP contribution in [0.1, 0.15) is 19.8 Å². The highest BCUT2D eigenvalue weighted by Crippen LogP contribution is 2.38. The number of anilines is 2. The first kappa shape index (κ1) is 14.9. The summed E-state index contributed by atoms with van der Waals surface area (Å²) in [5, 5.41) is 2.75. The SMILES string of the molecule is CC(OCC1CCCO1)C(=O)Nc1cc2c(cc1N)OCO2. The summed E-state index contributed by atoms with van der Waals surface area (Å²) in [7, 11) is 0. The van der Waals surface area contributed by atoms with Crippen molar-refractivity contribution in [3.05, 3.63) is 12.1 Å². The van der Waals surface area contributed by atoms with Gasteiger partial charge in [-0.15, -0.1) is 0 Å². The first-order valence-electron chi connectivity index (χ1n) is 7.36. The third-order valence-corrected chi connectivity index (χ3v) is 3.73. The van der Waals surface area contributed by atoms with Crippen LogP contribution in [0.15, 0.2) is 12.1 Å². The van der Waals surface area contributed by atoms with Crippen LogP contribution >= 0.6 is 0 Å². The van der Waals surface area contributed by atoms with E-state index in [1.165, 1.54) is 0 Å². The molecule has 0 bridgehead atoms. The quantitative estimate of drug-likeness (QED) is 0.801. The van der Waals surface area contributed by atoms with Crippen molar-refractivity contribution in [3.63, 3.8) is 0 Å². The number of rotatable bonds is 5. The number of ether oxygens (including phenoxy) is 4. The van der Waals surface area contributed by atoms with E-state index in [9.17, 15) is 4.79 Å². The Morgan fingerprint density at radius 1 is 1.45 bits per heavy atom. The van der Waals surface area contributed by atoms with Gasteiger partial charge in [-0.05, 0) is 19.8 Å². The van der Waals surface area contributed by atoms with Gasteiger partial charge in [-0.1, -0.05) is 0 Å². The maximum absolute atomic E-state index is 12.2. The Bertz CT molecular complexity index is 557. The molecule has 0 aliphatic carbocycles. The Hall–Kier alpha value is -1.99. The maximum atomic E-state index is 12.2. The molecule has 0 spiro atoms. The Morgan fingerprint density at radius 3 is 2.95 bits per heavy atom. The molecule has 2 unspecified atom stereocenters. The lowest BCUT2D eigenvalue weighted by Crippen LogP contribution is -2.30. The van der Waals surface area contributed by atoms with Crippen LogP contribution in [0.2, 0.25) is 0 Å². The molecule has 1 amide bonds. The molecule has 1 aromatic carbocycles. The van der Waals surface area contributed by atoms with E-state index in [0.717, 1.165) is 19.4 Å². The predicted molar refractivity (Wildman–Crippen MR) is 80.0 cm³/mol. The zero-order valence-corrected chi connectivity index (χ0v) is 12.5. The van der Waals surface area contributed by atoms with Gasteiger partial charge >= 0.3 is 0 Å². The van der Waals surface area contributed by atoms with E-state index in [1.807, 2.05) is 0 Å². The smallest absolute Gasteiger partial charge is 0.253 e. The maximum Gasteiger partial charge on any atom is 0.253 e. The number of nitrogen functional groups attached to an aromatic ring is 1. The van der Waals surface area contributed by atoms with E-state index in [-0.39, 0.29) is 18.8 Å². The minimum absolute atomic E-state index is 0.0888. The van der Waals surface area contributed by atoms with Crippen LogP contribution in [0.5, 0.6) is 11.5 Å². The van der Waals surface area contributed by atoms with Crippen LogP contribution < -0.4 is 20.5 Å². The highest BCUT2D eigenvalue weighted by Gasteiger charge is 2.22. The second-order valence-electron chi connectivity index (χ2n) is 5.39. The van der Waals surface area contributed by atoms with Crippen molar-refractivity contribution in [2.75, 3.05) is 31.1 Å². The molecule has 1 fully saturated rings. The van der Waals surface area contributed by atoms with Gasteiger partial charge in [-0.25, -0.2) is 0 Å². The minimum Gasteiger partial charge on any atom is -0.454 e. The molecule has 2 atom stereocenters. The summed E-state index contributed by atoms with van der Waals surface area (Å²) in [6, 6.07) is 3.29. The average Bonchev–Trinajstić information content (AvgIpc) is 3.16. The summed E-state index contributed by atoms with van der Waals surface area (Å²) in [4.78, 5) is 12.2. The van der Waals surface area contributed by atoms with E-state index >= 15 is 0 Å². The second-order valence-corrected chi connectivity index (χ2v) is 5.39. The number of fused-ring (bicyclic) bond motifs is 1. The number of carbonyl (C=O) groups is 1. The van der Waals surface area contributed by atoms with Gasteiger partial charge in [0, 0.05) is 18.7 Å². The number of hydrogen-bond donors (Lipinski definition) is 2. The Balaban J connectivity index is 1.56. The molecule has 7 heteroatoms. The second kappa shape index (κ2) is 6.41. The molecule has 2 aliphatic heterocycles. The summed E-state index contributed by atoms with van der Waals surface area (Å²) in [6.07, 6.45) is 1.52. The summed E-state index contributed by atoms with van der Waals surface area (Å²) < 4.78 is 21.5. The molecule has 7 nitrogen and oxygen atoms in total. The van der Waals surface area contributed by atoms with Gasteiger partial charge in [-0.2, -0.15) is 0 Å². The van der Waals surface area contributed by atoms with Gasteiger partial charge < -0.3 is 30.0 Å². The van der Waals surface area contributed by atoms with E-state index in [4.69, 9.17) is 24.7 Å². The monoisotopic (exact) mass is 308 g/mol. The minimum atomic E-state index is -0.589. The van der Waals surface area contributed by atoms with Gasteiger partial charge in [0.15, 0.2) is 11.5 Å². The van der Waals surface area contributed by atoms with E-state index in [1.54, 1.807) is 19.1 Å². The fraction of sp³-hybridized carbons (Fsp3) is 0.533. The molecule has 0 radical (unpaired) electrons. The van der Waals surface area contributed by atoms with Crippen LogP contribution in [0, 0.1) is 0 Å². The predicted octanol–water partition coefficient (Wildman–Crippen LogP) is 1.52. The number of nitrogens with one attached hydrogen (secondary N) is 1. The van der Waals surface area contributed by atoms with Crippen LogP contribution in [0.25, 0.3) is 0 Å². The van der Waals surface area contributed by atoms with Crippen molar-refractivity contribution < 1.29 is 23.7 Å². The van der Waals surface area contributed by atoms with Crippen LogP contribution in [0.4, 0.5) is 11.4 Å². The van der Waals surface area contributed by atoms with Gasteiger partial charge in [0.1, 0.15) is 6.10 Å². The first-order valence-corrected chi connectivity index (χ1v) is 7.36. The number of nitrogens with two attached hydrogens (primary N) is 1. The van der Waals surface area contributed by atoms with Gasteiger partial charge in [0.2, 0.25) is 6.79 Å². The number of hydrogen-bond acceptors (Lipinski definition) is 6. The number of carbonyl (C=O) groups excluding carboxylic acids is 1.